The Hall–Kier alpha value is -1.53. The summed E-state index contributed by atoms with van der Waals surface area (Å²) in [5, 5.41) is 0. The molecule has 90 valence electrons. The van der Waals surface area contributed by atoms with E-state index in [0.29, 0.717) is 5.56 Å². The fourth-order valence-electron chi connectivity index (χ4n) is 1.27. The van der Waals surface area contributed by atoms with E-state index in [9.17, 15) is 4.79 Å². The fourth-order valence-corrected chi connectivity index (χ4v) is 1.78. The van der Waals surface area contributed by atoms with Crippen LogP contribution in [0.3, 0.4) is 0 Å². The maximum Gasteiger partial charge on any atom is 0.254 e. The van der Waals surface area contributed by atoms with Gasteiger partial charge in [0.25, 0.3) is 5.91 Å². The van der Waals surface area contributed by atoms with Crippen molar-refractivity contribution in [2.45, 2.75) is 19.6 Å². The maximum absolute atomic E-state index is 12.0. The van der Waals surface area contributed by atoms with Crippen LogP contribution in [0, 0.1) is 11.5 Å². The van der Waals surface area contributed by atoms with E-state index >= 15 is 0 Å². The van der Waals surface area contributed by atoms with E-state index in [1.54, 1.807) is 19.0 Å². The van der Waals surface area contributed by atoms with Gasteiger partial charge in [0.1, 0.15) is 8.07 Å². The van der Waals surface area contributed by atoms with Crippen LogP contribution in [0.5, 0.6) is 0 Å². The van der Waals surface area contributed by atoms with Crippen molar-refractivity contribution in [1.29, 1.82) is 0 Å². The molecule has 0 aliphatic rings. The molecule has 1 rings (SSSR count). The number of carbonyl (C=O) groups is 1. The molecular weight excluding hydrogens is 226 g/mol. The lowest BCUT2D eigenvalue weighted by Gasteiger charge is -2.11. The standard InChI is InChI=1S/C14H19NOSi/c1-15(2)14(16)13-9-7-6-8-12(13)10-11-17(3,4)5/h6-9H,1-5H3. The van der Waals surface area contributed by atoms with E-state index in [2.05, 4.69) is 31.1 Å². The summed E-state index contributed by atoms with van der Waals surface area (Å²) in [6.07, 6.45) is 0. The van der Waals surface area contributed by atoms with E-state index < -0.39 is 8.07 Å². The molecular formula is C14H19NOSi. The molecule has 0 aromatic heterocycles. The second-order valence-electron chi connectivity index (χ2n) is 5.25. The van der Waals surface area contributed by atoms with Gasteiger partial charge in [0.2, 0.25) is 0 Å². The predicted octanol–water partition coefficient (Wildman–Crippen LogP) is 2.62. The van der Waals surface area contributed by atoms with Crippen molar-refractivity contribution in [2.75, 3.05) is 14.1 Å². The molecule has 0 bridgehead atoms. The summed E-state index contributed by atoms with van der Waals surface area (Å²) < 4.78 is 0. The van der Waals surface area contributed by atoms with E-state index in [4.69, 9.17) is 0 Å². The van der Waals surface area contributed by atoms with Crippen LogP contribution in [0.25, 0.3) is 0 Å². The quantitative estimate of drug-likeness (QED) is 0.550. The van der Waals surface area contributed by atoms with Crippen LogP contribution in [0.1, 0.15) is 15.9 Å². The first-order valence-electron chi connectivity index (χ1n) is 5.65. The first-order valence-corrected chi connectivity index (χ1v) is 9.15. The summed E-state index contributed by atoms with van der Waals surface area (Å²) in [5.74, 6) is 3.16. The van der Waals surface area contributed by atoms with Gasteiger partial charge in [-0.1, -0.05) is 37.7 Å². The molecule has 0 atom stereocenters. The zero-order valence-corrected chi connectivity index (χ0v) is 12.2. The smallest absolute Gasteiger partial charge is 0.254 e. The molecule has 0 saturated carbocycles. The van der Waals surface area contributed by atoms with Crippen molar-refractivity contribution >= 4 is 14.0 Å². The molecule has 1 aromatic carbocycles. The molecule has 0 N–H and O–H groups in total. The number of hydrogen-bond acceptors (Lipinski definition) is 1. The minimum atomic E-state index is -1.41. The Kier molecular flexibility index (Phi) is 4.14. The van der Waals surface area contributed by atoms with Crippen LogP contribution in [-0.4, -0.2) is 33.0 Å². The van der Waals surface area contributed by atoms with Crippen molar-refractivity contribution in [3.05, 3.63) is 35.4 Å². The largest absolute Gasteiger partial charge is 0.345 e. The molecule has 3 heteroatoms. The minimum Gasteiger partial charge on any atom is -0.345 e. The van der Waals surface area contributed by atoms with Crippen LogP contribution in [0.15, 0.2) is 24.3 Å². The van der Waals surface area contributed by atoms with Crippen molar-refractivity contribution < 1.29 is 4.79 Å². The second kappa shape index (κ2) is 5.20. The van der Waals surface area contributed by atoms with Crippen molar-refractivity contribution in [3.8, 4) is 11.5 Å². The van der Waals surface area contributed by atoms with Gasteiger partial charge in [0.05, 0.1) is 5.56 Å². The molecule has 0 saturated heterocycles. The topological polar surface area (TPSA) is 20.3 Å². The summed E-state index contributed by atoms with van der Waals surface area (Å²) in [6.45, 7) is 6.57. The van der Waals surface area contributed by atoms with Gasteiger partial charge in [-0.25, -0.2) is 0 Å². The average molecular weight is 245 g/mol. The molecule has 17 heavy (non-hydrogen) atoms. The highest BCUT2D eigenvalue weighted by molar-refractivity contribution is 6.83. The Morgan fingerprint density at radius 1 is 1.18 bits per heavy atom. The summed E-state index contributed by atoms with van der Waals surface area (Å²) in [7, 11) is 2.10. The highest BCUT2D eigenvalue weighted by atomic mass is 28.3. The van der Waals surface area contributed by atoms with Crippen molar-refractivity contribution in [1.82, 2.24) is 4.90 Å². The summed E-state index contributed by atoms with van der Waals surface area (Å²) >= 11 is 0. The fraction of sp³-hybridized carbons (Fsp3) is 0.357. The van der Waals surface area contributed by atoms with Gasteiger partial charge >= 0.3 is 0 Å². The molecule has 0 unspecified atom stereocenters. The SMILES string of the molecule is CN(C)C(=O)c1ccccc1C#C[Si](C)(C)C. The second-order valence-corrected chi connectivity index (χ2v) is 10.00. The highest BCUT2D eigenvalue weighted by Gasteiger charge is 2.12. The van der Waals surface area contributed by atoms with E-state index in [1.165, 1.54) is 0 Å². The van der Waals surface area contributed by atoms with Crippen molar-refractivity contribution in [3.63, 3.8) is 0 Å². The zero-order valence-electron chi connectivity index (χ0n) is 11.2. The number of benzene rings is 1. The number of rotatable bonds is 1. The van der Waals surface area contributed by atoms with Gasteiger partial charge in [0.15, 0.2) is 0 Å². The Balaban J connectivity index is 3.16. The molecule has 0 aliphatic carbocycles. The summed E-state index contributed by atoms with van der Waals surface area (Å²) in [4.78, 5) is 13.5. The van der Waals surface area contributed by atoms with Crippen LogP contribution < -0.4 is 0 Å². The van der Waals surface area contributed by atoms with Gasteiger partial charge in [-0.3, -0.25) is 4.79 Å². The third-order valence-electron chi connectivity index (χ3n) is 2.14. The lowest BCUT2D eigenvalue weighted by Crippen LogP contribution is -2.22. The third-order valence-corrected chi connectivity index (χ3v) is 3.01. The van der Waals surface area contributed by atoms with Crippen LogP contribution in [-0.2, 0) is 0 Å². The Labute approximate surface area is 105 Å². The van der Waals surface area contributed by atoms with E-state index in [-0.39, 0.29) is 5.91 Å². The van der Waals surface area contributed by atoms with Crippen LogP contribution in [0.2, 0.25) is 19.6 Å². The van der Waals surface area contributed by atoms with Gasteiger partial charge < -0.3 is 4.90 Å². The zero-order chi connectivity index (χ0) is 13.1. The molecule has 1 aromatic rings. The molecule has 1 amide bonds. The van der Waals surface area contributed by atoms with Crippen LogP contribution in [0.4, 0.5) is 0 Å². The third kappa shape index (κ3) is 4.08. The normalized spacial score (nSPS) is 10.4. The number of hydrogen-bond donors (Lipinski definition) is 0. The monoisotopic (exact) mass is 245 g/mol. The van der Waals surface area contributed by atoms with Gasteiger partial charge in [-0.15, -0.1) is 5.54 Å². The van der Waals surface area contributed by atoms with Gasteiger partial charge in [0, 0.05) is 19.7 Å². The van der Waals surface area contributed by atoms with Crippen molar-refractivity contribution in [2.24, 2.45) is 0 Å². The van der Waals surface area contributed by atoms with E-state index in [0.717, 1.165) is 5.56 Å². The average Bonchev–Trinajstić information content (AvgIpc) is 2.24. The number of carbonyl (C=O) groups excluding carboxylic acids is 1. The first-order chi connectivity index (χ1) is 7.81. The Morgan fingerprint density at radius 2 is 1.76 bits per heavy atom. The molecule has 0 aliphatic heterocycles. The number of nitrogens with zero attached hydrogens (tertiary/aromatic N) is 1. The van der Waals surface area contributed by atoms with E-state index in [1.807, 2.05) is 24.3 Å². The summed E-state index contributed by atoms with van der Waals surface area (Å²) in [6, 6.07) is 7.53. The highest BCUT2D eigenvalue weighted by Crippen LogP contribution is 2.10. The Morgan fingerprint density at radius 3 is 2.29 bits per heavy atom. The Bertz CT molecular complexity index is 475. The summed E-state index contributed by atoms with van der Waals surface area (Å²) in [5.41, 5.74) is 4.80. The minimum absolute atomic E-state index is 0.00507. The number of amides is 1. The molecule has 0 radical (unpaired) electrons. The molecule has 2 nitrogen and oxygen atoms in total. The van der Waals surface area contributed by atoms with Gasteiger partial charge in [-0.2, -0.15) is 0 Å². The first kappa shape index (κ1) is 13.5. The molecule has 0 heterocycles. The predicted molar refractivity (Wildman–Crippen MR) is 74.7 cm³/mol. The lowest BCUT2D eigenvalue weighted by molar-refractivity contribution is 0.0827. The molecule has 0 spiro atoms. The van der Waals surface area contributed by atoms with Crippen LogP contribution >= 0.6 is 0 Å². The maximum atomic E-state index is 12.0. The van der Waals surface area contributed by atoms with Gasteiger partial charge in [-0.05, 0) is 12.1 Å². The molecule has 0 fully saturated rings. The lowest BCUT2D eigenvalue weighted by atomic mass is 10.1.